The highest BCUT2D eigenvalue weighted by atomic mass is 16.5. The van der Waals surface area contributed by atoms with Crippen LogP contribution in [-0.2, 0) is 11.2 Å². The summed E-state index contributed by atoms with van der Waals surface area (Å²) in [5.74, 6) is 2.69. The van der Waals surface area contributed by atoms with Crippen molar-refractivity contribution in [1.29, 1.82) is 0 Å². The van der Waals surface area contributed by atoms with E-state index in [0.29, 0.717) is 42.7 Å². The maximum atomic E-state index is 12.6. The first kappa shape index (κ1) is 18.9. The second-order valence-electron chi connectivity index (χ2n) is 6.51. The number of methoxy groups -OCH3 is 2. The molecule has 0 N–H and O–H groups in total. The zero-order chi connectivity index (χ0) is 19.2. The number of aryl methyl sites for hydroxylation is 1. The zero-order valence-corrected chi connectivity index (χ0v) is 16.0. The highest BCUT2D eigenvalue weighted by Gasteiger charge is 2.24. The van der Waals surface area contributed by atoms with Crippen molar-refractivity contribution in [1.82, 2.24) is 14.9 Å². The van der Waals surface area contributed by atoms with E-state index in [1.165, 1.54) is 0 Å². The van der Waals surface area contributed by atoms with Crippen LogP contribution < -0.4 is 14.2 Å². The summed E-state index contributed by atoms with van der Waals surface area (Å²) in [6.07, 6.45) is 3.70. The van der Waals surface area contributed by atoms with Crippen molar-refractivity contribution < 1.29 is 19.0 Å². The monoisotopic (exact) mass is 371 g/mol. The summed E-state index contributed by atoms with van der Waals surface area (Å²) in [7, 11) is 3.19. The van der Waals surface area contributed by atoms with Gasteiger partial charge in [0.15, 0.2) is 11.5 Å². The Kier molecular flexibility index (Phi) is 6.11. The molecule has 2 heterocycles. The maximum absolute atomic E-state index is 12.6. The number of nitrogens with zero attached hydrogens (tertiary/aromatic N) is 3. The highest BCUT2D eigenvalue weighted by molar-refractivity contribution is 5.79. The zero-order valence-electron chi connectivity index (χ0n) is 16.0. The molecule has 1 amide bonds. The fourth-order valence-corrected chi connectivity index (χ4v) is 3.17. The first-order valence-electron chi connectivity index (χ1n) is 9.04. The fraction of sp³-hybridized carbons (Fsp3) is 0.450. The summed E-state index contributed by atoms with van der Waals surface area (Å²) in [5, 5.41) is 0. The van der Waals surface area contributed by atoms with Crippen molar-refractivity contribution in [3.8, 4) is 17.4 Å². The van der Waals surface area contributed by atoms with Crippen LogP contribution in [0.4, 0.5) is 0 Å². The third-order valence-electron chi connectivity index (χ3n) is 4.64. The van der Waals surface area contributed by atoms with Gasteiger partial charge in [-0.15, -0.1) is 0 Å². The largest absolute Gasteiger partial charge is 0.493 e. The Hall–Kier alpha value is -2.83. The average Bonchev–Trinajstić information content (AvgIpc) is 2.68. The topological polar surface area (TPSA) is 73.8 Å². The first-order chi connectivity index (χ1) is 13.1. The normalized spacial score (nSPS) is 14.7. The Morgan fingerprint density at radius 3 is 2.56 bits per heavy atom. The van der Waals surface area contributed by atoms with Gasteiger partial charge in [-0.1, -0.05) is 6.07 Å². The molecule has 0 radical (unpaired) electrons. The first-order valence-corrected chi connectivity index (χ1v) is 9.04. The van der Waals surface area contributed by atoms with Gasteiger partial charge < -0.3 is 19.1 Å². The van der Waals surface area contributed by atoms with E-state index in [1.54, 1.807) is 26.5 Å². The molecule has 0 bridgehead atoms. The number of rotatable bonds is 6. The van der Waals surface area contributed by atoms with Crippen molar-refractivity contribution in [2.24, 2.45) is 0 Å². The summed E-state index contributed by atoms with van der Waals surface area (Å²) in [6.45, 7) is 3.20. The summed E-state index contributed by atoms with van der Waals surface area (Å²) >= 11 is 0. The molecule has 27 heavy (non-hydrogen) atoms. The third kappa shape index (κ3) is 4.87. The molecule has 1 aliphatic rings. The van der Waals surface area contributed by atoms with Crippen molar-refractivity contribution in [2.45, 2.75) is 32.3 Å². The molecule has 144 valence electrons. The van der Waals surface area contributed by atoms with Crippen molar-refractivity contribution in [2.75, 3.05) is 27.3 Å². The Morgan fingerprint density at radius 2 is 1.89 bits per heavy atom. The number of amides is 1. The van der Waals surface area contributed by atoms with E-state index < -0.39 is 0 Å². The van der Waals surface area contributed by atoms with Crippen LogP contribution in [0.2, 0.25) is 0 Å². The molecule has 7 nitrogen and oxygen atoms in total. The predicted molar refractivity (Wildman–Crippen MR) is 100 cm³/mol. The molecule has 0 unspecified atom stereocenters. The van der Waals surface area contributed by atoms with Gasteiger partial charge in [0, 0.05) is 38.2 Å². The van der Waals surface area contributed by atoms with Crippen LogP contribution in [-0.4, -0.2) is 54.2 Å². The van der Waals surface area contributed by atoms with Crippen LogP contribution in [0.3, 0.4) is 0 Å². The van der Waals surface area contributed by atoms with E-state index in [9.17, 15) is 4.79 Å². The lowest BCUT2D eigenvalue weighted by Crippen LogP contribution is -2.42. The lowest BCUT2D eigenvalue weighted by Gasteiger charge is -2.32. The number of hydrogen-bond acceptors (Lipinski definition) is 6. The maximum Gasteiger partial charge on any atom is 0.226 e. The van der Waals surface area contributed by atoms with Crippen molar-refractivity contribution >= 4 is 5.91 Å². The van der Waals surface area contributed by atoms with Crippen LogP contribution in [0.25, 0.3) is 0 Å². The number of piperidine rings is 1. The van der Waals surface area contributed by atoms with Gasteiger partial charge in [-0.05, 0) is 24.6 Å². The predicted octanol–water partition coefficient (Wildman–Crippen LogP) is 2.41. The Morgan fingerprint density at radius 1 is 1.15 bits per heavy atom. The second kappa shape index (κ2) is 8.70. The van der Waals surface area contributed by atoms with Crippen LogP contribution >= 0.6 is 0 Å². The number of benzene rings is 1. The molecule has 7 heteroatoms. The van der Waals surface area contributed by atoms with E-state index in [1.807, 2.05) is 30.0 Å². The quantitative estimate of drug-likeness (QED) is 0.776. The Bertz CT molecular complexity index is 789. The van der Waals surface area contributed by atoms with E-state index in [-0.39, 0.29) is 12.0 Å². The number of hydrogen-bond donors (Lipinski definition) is 0. The van der Waals surface area contributed by atoms with Gasteiger partial charge in [0.1, 0.15) is 11.9 Å². The SMILES string of the molecule is COc1ccc(CC(=O)N2CCC(Oc3ccnc(C)n3)CC2)cc1OC. The molecule has 0 aliphatic carbocycles. The lowest BCUT2D eigenvalue weighted by molar-refractivity contribution is -0.132. The Balaban J connectivity index is 1.52. The molecule has 0 spiro atoms. The summed E-state index contributed by atoms with van der Waals surface area (Å²) < 4.78 is 16.5. The molecule has 1 aromatic carbocycles. The molecule has 1 aliphatic heterocycles. The van der Waals surface area contributed by atoms with E-state index in [4.69, 9.17) is 14.2 Å². The van der Waals surface area contributed by atoms with E-state index >= 15 is 0 Å². The van der Waals surface area contributed by atoms with Crippen LogP contribution in [0, 0.1) is 6.92 Å². The summed E-state index contributed by atoms with van der Waals surface area (Å²) in [5.41, 5.74) is 0.910. The molecule has 2 aromatic rings. The van der Waals surface area contributed by atoms with Gasteiger partial charge in [-0.2, -0.15) is 4.98 Å². The molecular weight excluding hydrogens is 346 g/mol. The van der Waals surface area contributed by atoms with Gasteiger partial charge in [0.25, 0.3) is 0 Å². The molecule has 1 fully saturated rings. The van der Waals surface area contributed by atoms with E-state index in [0.717, 1.165) is 18.4 Å². The number of carbonyl (C=O) groups is 1. The average molecular weight is 371 g/mol. The van der Waals surface area contributed by atoms with Gasteiger partial charge in [-0.3, -0.25) is 4.79 Å². The van der Waals surface area contributed by atoms with Crippen LogP contribution in [0.15, 0.2) is 30.5 Å². The summed E-state index contributed by atoms with van der Waals surface area (Å²) in [4.78, 5) is 22.9. The lowest BCUT2D eigenvalue weighted by atomic mass is 10.1. The van der Waals surface area contributed by atoms with Crippen molar-refractivity contribution in [3.63, 3.8) is 0 Å². The van der Waals surface area contributed by atoms with Gasteiger partial charge in [0.05, 0.1) is 20.6 Å². The number of ether oxygens (including phenoxy) is 3. The summed E-state index contributed by atoms with van der Waals surface area (Å²) in [6, 6.07) is 7.34. The minimum Gasteiger partial charge on any atom is -0.493 e. The number of likely N-dealkylation sites (tertiary alicyclic amines) is 1. The van der Waals surface area contributed by atoms with Crippen LogP contribution in [0.5, 0.6) is 17.4 Å². The highest BCUT2D eigenvalue weighted by Crippen LogP contribution is 2.28. The minimum atomic E-state index is 0.0735. The van der Waals surface area contributed by atoms with E-state index in [2.05, 4.69) is 9.97 Å². The smallest absolute Gasteiger partial charge is 0.226 e. The van der Waals surface area contributed by atoms with Gasteiger partial charge in [0.2, 0.25) is 11.8 Å². The molecule has 1 aromatic heterocycles. The number of aromatic nitrogens is 2. The van der Waals surface area contributed by atoms with Crippen LogP contribution in [0.1, 0.15) is 24.2 Å². The number of carbonyl (C=O) groups excluding carboxylic acids is 1. The minimum absolute atomic E-state index is 0.0735. The molecule has 3 rings (SSSR count). The Labute approximate surface area is 159 Å². The standard InChI is InChI=1S/C20H25N3O4/c1-14-21-9-6-19(22-14)27-16-7-10-23(11-8-16)20(24)13-15-4-5-17(25-2)18(12-15)26-3/h4-6,9,12,16H,7-8,10-11,13H2,1-3H3. The van der Waals surface area contributed by atoms with Gasteiger partial charge in [-0.25, -0.2) is 4.98 Å². The fourth-order valence-electron chi connectivity index (χ4n) is 3.17. The third-order valence-corrected chi connectivity index (χ3v) is 4.64. The van der Waals surface area contributed by atoms with Gasteiger partial charge >= 0.3 is 0 Å². The second-order valence-corrected chi connectivity index (χ2v) is 6.51. The van der Waals surface area contributed by atoms with Crippen molar-refractivity contribution in [3.05, 3.63) is 41.9 Å². The molecule has 1 saturated heterocycles. The molecule has 0 saturated carbocycles. The molecule has 0 atom stereocenters. The molecular formula is C20H25N3O4.